The average Bonchev–Trinajstić information content (AvgIpc) is 2.20. The van der Waals surface area contributed by atoms with Crippen LogP contribution < -0.4 is 0 Å². The average molecular weight is 241 g/mol. The van der Waals surface area contributed by atoms with Crippen LogP contribution in [-0.4, -0.2) is 11.1 Å². The summed E-state index contributed by atoms with van der Waals surface area (Å²) in [7, 11) is 0. The van der Waals surface area contributed by atoms with E-state index in [9.17, 15) is 4.79 Å². The Balaban J connectivity index is 2.86. The molecular weight excluding hydrogens is 224 g/mol. The summed E-state index contributed by atoms with van der Waals surface area (Å²) in [5.74, 6) is -0.484. The van der Waals surface area contributed by atoms with Gasteiger partial charge in [0, 0.05) is 11.4 Å². The lowest BCUT2D eigenvalue weighted by Gasteiger charge is -2.15. The highest BCUT2D eigenvalue weighted by molar-refractivity contribution is 6.31. The highest BCUT2D eigenvalue weighted by Gasteiger charge is 2.12. The van der Waals surface area contributed by atoms with Crippen LogP contribution in [0.4, 0.5) is 0 Å². The number of aryl methyl sites for hydroxylation is 2. The van der Waals surface area contributed by atoms with Crippen molar-refractivity contribution in [2.45, 2.75) is 39.5 Å². The maximum atomic E-state index is 10.5. The summed E-state index contributed by atoms with van der Waals surface area (Å²) in [6.07, 6.45) is 0.875. The van der Waals surface area contributed by atoms with Gasteiger partial charge >= 0.3 is 5.97 Å². The van der Waals surface area contributed by atoms with Gasteiger partial charge in [0.05, 0.1) is 0 Å². The van der Waals surface area contributed by atoms with Crippen LogP contribution in [0.1, 0.15) is 42.4 Å². The van der Waals surface area contributed by atoms with Gasteiger partial charge in [-0.25, -0.2) is 0 Å². The first-order chi connectivity index (χ1) is 7.41. The molecule has 0 aliphatic carbocycles. The first-order valence-electron chi connectivity index (χ1n) is 5.40. The summed E-state index contributed by atoms with van der Waals surface area (Å²) in [4.78, 5) is 10.5. The minimum Gasteiger partial charge on any atom is -0.481 e. The Morgan fingerprint density at radius 3 is 2.56 bits per heavy atom. The van der Waals surface area contributed by atoms with Crippen molar-refractivity contribution >= 4 is 17.6 Å². The van der Waals surface area contributed by atoms with E-state index >= 15 is 0 Å². The molecule has 0 saturated carbocycles. The van der Waals surface area contributed by atoms with Crippen molar-refractivity contribution in [3.8, 4) is 0 Å². The fraction of sp³-hybridized carbons (Fsp3) is 0.462. The summed E-state index contributed by atoms with van der Waals surface area (Å²) < 4.78 is 0. The molecule has 0 spiro atoms. The zero-order chi connectivity index (χ0) is 12.3. The van der Waals surface area contributed by atoms with E-state index in [1.165, 1.54) is 5.56 Å². The lowest BCUT2D eigenvalue weighted by Crippen LogP contribution is -2.02. The number of carbonyl (C=O) groups is 1. The van der Waals surface area contributed by atoms with Gasteiger partial charge in [-0.2, -0.15) is 0 Å². The number of hydrogen-bond donors (Lipinski definition) is 1. The summed E-state index contributed by atoms with van der Waals surface area (Å²) in [5, 5.41) is 9.43. The molecular formula is C13H17ClO2. The van der Waals surface area contributed by atoms with Gasteiger partial charge in [-0.1, -0.05) is 24.6 Å². The molecule has 1 atom stereocenters. The van der Waals surface area contributed by atoms with Crippen molar-refractivity contribution < 1.29 is 9.90 Å². The molecule has 0 saturated heterocycles. The van der Waals surface area contributed by atoms with Crippen molar-refractivity contribution in [1.29, 1.82) is 0 Å². The maximum absolute atomic E-state index is 10.5. The first kappa shape index (κ1) is 13.0. The van der Waals surface area contributed by atoms with Crippen LogP contribution in [-0.2, 0) is 4.79 Å². The fourth-order valence-corrected chi connectivity index (χ4v) is 2.05. The predicted molar refractivity (Wildman–Crippen MR) is 66.2 cm³/mol. The van der Waals surface area contributed by atoms with Crippen LogP contribution in [0.2, 0.25) is 5.02 Å². The minimum atomic E-state index is -0.741. The monoisotopic (exact) mass is 240 g/mol. The van der Waals surface area contributed by atoms with Gasteiger partial charge in [0.1, 0.15) is 0 Å². The first-order valence-corrected chi connectivity index (χ1v) is 5.78. The van der Waals surface area contributed by atoms with Gasteiger partial charge in [-0.3, -0.25) is 4.79 Å². The molecule has 1 aromatic carbocycles. The molecule has 0 aromatic heterocycles. The van der Waals surface area contributed by atoms with Gasteiger partial charge in [-0.15, -0.1) is 0 Å². The molecule has 0 fully saturated rings. The van der Waals surface area contributed by atoms with Gasteiger partial charge in [0.15, 0.2) is 0 Å². The van der Waals surface area contributed by atoms with E-state index < -0.39 is 5.97 Å². The minimum absolute atomic E-state index is 0.211. The molecule has 1 rings (SSSR count). The largest absolute Gasteiger partial charge is 0.481 e. The maximum Gasteiger partial charge on any atom is 0.303 e. The zero-order valence-electron chi connectivity index (χ0n) is 9.88. The molecule has 0 aliphatic rings. The molecule has 0 heterocycles. The zero-order valence-corrected chi connectivity index (χ0v) is 10.6. The number of halogens is 1. The second-order valence-corrected chi connectivity index (χ2v) is 4.70. The molecule has 16 heavy (non-hydrogen) atoms. The summed E-state index contributed by atoms with van der Waals surface area (Å²) in [6.45, 7) is 6.03. The second-order valence-electron chi connectivity index (χ2n) is 4.29. The fourth-order valence-electron chi connectivity index (χ4n) is 1.83. The smallest absolute Gasteiger partial charge is 0.303 e. The number of benzene rings is 1. The van der Waals surface area contributed by atoms with Crippen LogP contribution in [0.5, 0.6) is 0 Å². The summed E-state index contributed by atoms with van der Waals surface area (Å²) in [5.41, 5.74) is 3.38. The molecule has 1 unspecified atom stereocenters. The Kier molecular flexibility index (Phi) is 4.36. The van der Waals surface area contributed by atoms with Crippen LogP contribution in [0.15, 0.2) is 12.1 Å². The number of aliphatic carboxylic acids is 1. The normalized spacial score (nSPS) is 12.5. The molecule has 0 amide bonds. The molecule has 0 bridgehead atoms. The van der Waals surface area contributed by atoms with Crippen LogP contribution in [0, 0.1) is 13.8 Å². The lowest BCUT2D eigenvalue weighted by molar-refractivity contribution is -0.137. The van der Waals surface area contributed by atoms with Crippen molar-refractivity contribution in [2.24, 2.45) is 0 Å². The molecule has 3 heteroatoms. The Morgan fingerprint density at radius 2 is 2.00 bits per heavy atom. The predicted octanol–water partition coefficient (Wildman–Crippen LogP) is 3.93. The quantitative estimate of drug-likeness (QED) is 0.866. The van der Waals surface area contributed by atoms with Crippen molar-refractivity contribution in [3.63, 3.8) is 0 Å². The van der Waals surface area contributed by atoms with Gasteiger partial charge in [0.2, 0.25) is 0 Å². The van der Waals surface area contributed by atoms with Crippen LogP contribution >= 0.6 is 11.6 Å². The SMILES string of the molecule is Cc1cc(C(C)CCC(=O)O)c(C)cc1Cl. The van der Waals surface area contributed by atoms with Gasteiger partial charge in [-0.05, 0) is 48.9 Å². The highest BCUT2D eigenvalue weighted by Crippen LogP contribution is 2.28. The van der Waals surface area contributed by atoms with Crippen molar-refractivity contribution in [3.05, 3.63) is 33.8 Å². The van der Waals surface area contributed by atoms with E-state index in [4.69, 9.17) is 16.7 Å². The van der Waals surface area contributed by atoms with Gasteiger partial charge in [0.25, 0.3) is 0 Å². The van der Waals surface area contributed by atoms with E-state index in [0.29, 0.717) is 6.42 Å². The van der Waals surface area contributed by atoms with E-state index in [-0.39, 0.29) is 12.3 Å². The van der Waals surface area contributed by atoms with Crippen molar-refractivity contribution in [1.82, 2.24) is 0 Å². The highest BCUT2D eigenvalue weighted by atomic mass is 35.5. The standard InChI is InChI=1S/C13H17ClO2/c1-8(4-5-13(15)16)11-6-10(3)12(14)7-9(11)2/h6-8H,4-5H2,1-3H3,(H,15,16). The topological polar surface area (TPSA) is 37.3 Å². The molecule has 88 valence electrons. The Bertz CT molecular complexity index is 399. The molecule has 1 aromatic rings. The third-order valence-corrected chi connectivity index (χ3v) is 3.28. The van der Waals surface area contributed by atoms with Crippen LogP contribution in [0.25, 0.3) is 0 Å². The van der Waals surface area contributed by atoms with E-state index in [0.717, 1.165) is 16.1 Å². The van der Waals surface area contributed by atoms with Crippen LogP contribution in [0.3, 0.4) is 0 Å². The Morgan fingerprint density at radius 1 is 1.38 bits per heavy atom. The van der Waals surface area contributed by atoms with E-state index in [1.807, 2.05) is 19.9 Å². The van der Waals surface area contributed by atoms with E-state index in [2.05, 4.69) is 13.0 Å². The Hall–Kier alpha value is -1.02. The number of rotatable bonds is 4. The van der Waals surface area contributed by atoms with Crippen molar-refractivity contribution in [2.75, 3.05) is 0 Å². The Labute approximate surface area is 101 Å². The third-order valence-electron chi connectivity index (χ3n) is 2.87. The molecule has 0 aliphatic heterocycles. The number of carboxylic acid groups (broad SMARTS) is 1. The number of hydrogen-bond acceptors (Lipinski definition) is 1. The molecule has 0 radical (unpaired) electrons. The second kappa shape index (κ2) is 5.35. The summed E-state index contributed by atoms with van der Waals surface area (Å²) in [6, 6.07) is 4.01. The van der Waals surface area contributed by atoms with Gasteiger partial charge < -0.3 is 5.11 Å². The summed E-state index contributed by atoms with van der Waals surface area (Å²) >= 11 is 6.02. The third kappa shape index (κ3) is 3.24. The lowest BCUT2D eigenvalue weighted by atomic mass is 9.91. The molecule has 2 nitrogen and oxygen atoms in total. The molecule has 1 N–H and O–H groups in total. The van der Waals surface area contributed by atoms with E-state index in [1.54, 1.807) is 0 Å². The number of carboxylic acids is 1.